The SMILES string of the molecule is CCCCOc1cc(OC)cc2oc(=O)cc(O)c12. The lowest BCUT2D eigenvalue weighted by Gasteiger charge is -2.11. The molecule has 1 aromatic heterocycles. The van der Waals surface area contributed by atoms with E-state index < -0.39 is 5.63 Å². The number of methoxy groups -OCH3 is 1. The highest BCUT2D eigenvalue weighted by atomic mass is 16.5. The van der Waals surface area contributed by atoms with Crippen LogP contribution >= 0.6 is 0 Å². The van der Waals surface area contributed by atoms with Crippen molar-refractivity contribution in [2.45, 2.75) is 19.8 Å². The molecule has 5 nitrogen and oxygen atoms in total. The van der Waals surface area contributed by atoms with Gasteiger partial charge in [0.1, 0.15) is 28.2 Å². The number of fused-ring (bicyclic) bond motifs is 1. The molecule has 5 heteroatoms. The highest BCUT2D eigenvalue weighted by Gasteiger charge is 2.13. The molecular formula is C14H16O5. The zero-order chi connectivity index (χ0) is 13.8. The largest absolute Gasteiger partial charge is 0.507 e. The van der Waals surface area contributed by atoms with Crippen LogP contribution in [0.3, 0.4) is 0 Å². The van der Waals surface area contributed by atoms with Crippen LogP contribution in [-0.2, 0) is 0 Å². The van der Waals surface area contributed by atoms with E-state index in [1.807, 2.05) is 0 Å². The third kappa shape index (κ3) is 2.81. The maximum Gasteiger partial charge on any atom is 0.339 e. The van der Waals surface area contributed by atoms with Crippen molar-refractivity contribution in [1.29, 1.82) is 0 Å². The first-order chi connectivity index (χ1) is 9.15. The minimum Gasteiger partial charge on any atom is -0.507 e. The van der Waals surface area contributed by atoms with Crippen molar-refractivity contribution in [2.24, 2.45) is 0 Å². The summed E-state index contributed by atoms with van der Waals surface area (Å²) in [7, 11) is 1.51. The molecule has 0 saturated carbocycles. The Morgan fingerprint density at radius 3 is 2.79 bits per heavy atom. The van der Waals surface area contributed by atoms with Gasteiger partial charge in [0.05, 0.1) is 19.8 Å². The van der Waals surface area contributed by atoms with Gasteiger partial charge in [0.15, 0.2) is 0 Å². The minimum atomic E-state index is -0.613. The van der Waals surface area contributed by atoms with Crippen LogP contribution in [0.25, 0.3) is 11.0 Å². The molecule has 1 heterocycles. The first-order valence-corrected chi connectivity index (χ1v) is 6.13. The Balaban J connectivity index is 2.55. The summed E-state index contributed by atoms with van der Waals surface area (Å²) < 4.78 is 15.8. The topological polar surface area (TPSA) is 68.9 Å². The molecular weight excluding hydrogens is 248 g/mol. The highest BCUT2D eigenvalue weighted by Crippen LogP contribution is 2.36. The molecule has 0 spiro atoms. The molecule has 0 bridgehead atoms. The van der Waals surface area contributed by atoms with Crippen LogP contribution in [0.4, 0.5) is 0 Å². The predicted octanol–water partition coefficient (Wildman–Crippen LogP) is 2.69. The summed E-state index contributed by atoms with van der Waals surface area (Å²) in [6, 6.07) is 4.24. The van der Waals surface area contributed by atoms with Crippen LogP contribution in [-0.4, -0.2) is 18.8 Å². The van der Waals surface area contributed by atoms with Crippen molar-refractivity contribution < 1.29 is 19.0 Å². The quantitative estimate of drug-likeness (QED) is 0.664. The Morgan fingerprint density at radius 1 is 1.32 bits per heavy atom. The van der Waals surface area contributed by atoms with E-state index in [0.29, 0.717) is 23.5 Å². The lowest BCUT2D eigenvalue weighted by molar-refractivity contribution is 0.309. The summed E-state index contributed by atoms with van der Waals surface area (Å²) in [5.41, 5.74) is -0.367. The van der Waals surface area contributed by atoms with Crippen LogP contribution in [0.1, 0.15) is 19.8 Å². The van der Waals surface area contributed by atoms with Crippen molar-refractivity contribution in [1.82, 2.24) is 0 Å². The second-order valence-electron chi connectivity index (χ2n) is 4.15. The molecule has 0 amide bonds. The van der Waals surface area contributed by atoms with E-state index in [1.54, 1.807) is 12.1 Å². The molecule has 0 aliphatic carbocycles. The molecule has 102 valence electrons. The van der Waals surface area contributed by atoms with E-state index in [-0.39, 0.29) is 11.3 Å². The number of hydrogen-bond acceptors (Lipinski definition) is 5. The van der Waals surface area contributed by atoms with Crippen LogP contribution in [0, 0.1) is 0 Å². The fourth-order valence-electron chi connectivity index (χ4n) is 1.78. The van der Waals surface area contributed by atoms with Crippen LogP contribution in [0.2, 0.25) is 0 Å². The maximum absolute atomic E-state index is 11.3. The summed E-state index contributed by atoms with van der Waals surface area (Å²) in [5, 5.41) is 10.3. The molecule has 0 atom stereocenters. The van der Waals surface area contributed by atoms with E-state index in [4.69, 9.17) is 13.9 Å². The van der Waals surface area contributed by atoms with Crippen LogP contribution in [0.5, 0.6) is 17.2 Å². The van der Waals surface area contributed by atoms with Crippen molar-refractivity contribution in [3.63, 3.8) is 0 Å². The van der Waals surface area contributed by atoms with Gasteiger partial charge in [-0.25, -0.2) is 4.79 Å². The van der Waals surface area contributed by atoms with Gasteiger partial charge in [-0.1, -0.05) is 13.3 Å². The molecule has 0 aliphatic rings. The number of aromatic hydroxyl groups is 1. The Morgan fingerprint density at radius 2 is 2.11 bits per heavy atom. The van der Waals surface area contributed by atoms with Crippen LogP contribution < -0.4 is 15.1 Å². The van der Waals surface area contributed by atoms with Crippen molar-refractivity contribution in [3.8, 4) is 17.2 Å². The van der Waals surface area contributed by atoms with E-state index in [0.717, 1.165) is 18.9 Å². The van der Waals surface area contributed by atoms with Gasteiger partial charge in [-0.3, -0.25) is 0 Å². The second-order valence-corrected chi connectivity index (χ2v) is 4.15. The Bertz CT molecular complexity index is 630. The number of ether oxygens (including phenoxy) is 2. The third-order valence-corrected chi connectivity index (χ3v) is 2.75. The second kappa shape index (κ2) is 5.65. The Hall–Kier alpha value is -2.17. The molecule has 0 aliphatic heterocycles. The minimum absolute atomic E-state index is 0.152. The molecule has 0 radical (unpaired) electrons. The third-order valence-electron chi connectivity index (χ3n) is 2.75. The van der Waals surface area contributed by atoms with Gasteiger partial charge in [0.2, 0.25) is 0 Å². The lowest BCUT2D eigenvalue weighted by Crippen LogP contribution is -2.01. The van der Waals surface area contributed by atoms with E-state index in [9.17, 15) is 9.90 Å². The van der Waals surface area contributed by atoms with E-state index in [1.165, 1.54) is 7.11 Å². The van der Waals surface area contributed by atoms with Gasteiger partial charge < -0.3 is 19.0 Å². The predicted molar refractivity (Wildman–Crippen MR) is 71.1 cm³/mol. The first-order valence-electron chi connectivity index (χ1n) is 6.13. The van der Waals surface area contributed by atoms with Gasteiger partial charge in [-0.15, -0.1) is 0 Å². The van der Waals surface area contributed by atoms with Crippen LogP contribution in [0.15, 0.2) is 27.4 Å². The average Bonchev–Trinajstić information content (AvgIpc) is 2.37. The summed E-state index contributed by atoms with van der Waals surface area (Å²) in [4.78, 5) is 11.3. The number of unbranched alkanes of at least 4 members (excludes halogenated alkanes) is 1. The van der Waals surface area contributed by atoms with E-state index in [2.05, 4.69) is 6.92 Å². The Labute approximate surface area is 110 Å². The van der Waals surface area contributed by atoms with Gasteiger partial charge >= 0.3 is 5.63 Å². The molecule has 0 fully saturated rings. The maximum atomic E-state index is 11.3. The molecule has 1 aromatic carbocycles. The molecule has 1 N–H and O–H groups in total. The number of rotatable bonds is 5. The zero-order valence-corrected chi connectivity index (χ0v) is 10.9. The van der Waals surface area contributed by atoms with Crippen molar-refractivity contribution in [2.75, 3.05) is 13.7 Å². The molecule has 19 heavy (non-hydrogen) atoms. The summed E-state index contributed by atoms with van der Waals surface area (Å²) >= 11 is 0. The number of benzene rings is 1. The van der Waals surface area contributed by atoms with Gasteiger partial charge in [0.25, 0.3) is 0 Å². The standard InChI is InChI=1S/C14H16O5/c1-3-4-5-18-11-6-9(17-2)7-12-14(11)10(15)8-13(16)19-12/h6-8,15H,3-5H2,1-2H3. The highest BCUT2D eigenvalue weighted by molar-refractivity contribution is 5.90. The normalized spacial score (nSPS) is 10.6. The summed E-state index contributed by atoms with van der Waals surface area (Å²) in [5.74, 6) is 0.803. The molecule has 2 rings (SSSR count). The van der Waals surface area contributed by atoms with Crippen molar-refractivity contribution >= 4 is 11.0 Å². The summed E-state index contributed by atoms with van der Waals surface area (Å²) in [6.45, 7) is 2.58. The molecule has 2 aromatic rings. The van der Waals surface area contributed by atoms with Gasteiger partial charge in [-0.05, 0) is 6.42 Å². The van der Waals surface area contributed by atoms with Gasteiger partial charge in [0, 0.05) is 12.1 Å². The first kappa shape index (κ1) is 13.3. The number of hydrogen-bond donors (Lipinski definition) is 1. The smallest absolute Gasteiger partial charge is 0.339 e. The zero-order valence-electron chi connectivity index (χ0n) is 10.9. The fraction of sp³-hybridized carbons (Fsp3) is 0.357. The average molecular weight is 264 g/mol. The lowest BCUT2D eigenvalue weighted by atomic mass is 10.2. The fourth-order valence-corrected chi connectivity index (χ4v) is 1.78. The van der Waals surface area contributed by atoms with Crippen molar-refractivity contribution in [3.05, 3.63) is 28.6 Å². The molecule has 0 unspecified atom stereocenters. The summed E-state index contributed by atoms with van der Waals surface area (Å²) in [6.07, 6.45) is 1.90. The van der Waals surface area contributed by atoms with E-state index >= 15 is 0 Å². The monoisotopic (exact) mass is 264 g/mol. The van der Waals surface area contributed by atoms with Gasteiger partial charge in [-0.2, -0.15) is 0 Å². The molecule has 0 saturated heterocycles. The Kier molecular flexibility index (Phi) is 3.94.